The molecule has 0 atom stereocenters. The normalized spacial score (nSPS) is 13.9. The van der Waals surface area contributed by atoms with Crippen LogP contribution in [-0.2, 0) is 6.42 Å². The van der Waals surface area contributed by atoms with Crippen molar-refractivity contribution in [3.05, 3.63) is 35.4 Å². The van der Waals surface area contributed by atoms with Crippen molar-refractivity contribution in [3.63, 3.8) is 0 Å². The average Bonchev–Trinajstić information content (AvgIpc) is 2.26. The second kappa shape index (κ2) is 5.27. The first-order valence-electron chi connectivity index (χ1n) is 5.83. The summed E-state index contributed by atoms with van der Waals surface area (Å²) in [6.45, 7) is 3.69. The quantitative estimate of drug-likeness (QED) is 0.829. The minimum Gasteiger partial charge on any atom is -0.373 e. The molecule has 20 heavy (non-hydrogen) atoms. The van der Waals surface area contributed by atoms with Crippen molar-refractivity contribution in [2.24, 2.45) is 0 Å². The van der Waals surface area contributed by atoms with Gasteiger partial charge in [0.2, 0.25) is 0 Å². The second-order valence-corrected chi connectivity index (χ2v) is 4.93. The van der Waals surface area contributed by atoms with Crippen LogP contribution in [0.25, 0.3) is 0 Å². The number of halogens is 6. The average molecular weight is 300 g/mol. The third kappa shape index (κ3) is 3.26. The fourth-order valence-electron chi connectivity index (χ4n) is 1.68. The molecule has 0 unspecified atom stereocenters. The Hall–Kier alpha value is -1.24. The van der Waals surface area contributed by atoms with Crippen molar-refractivity contribution in [2.75, 3.05) is 0 Å². The van der Waals surface area contributed by atoms with Crippen LogP contribution < -0.4 is 0 Å². The maximum absolute atomic E-state index is 12.5. The highest BCUT2D eigenvalue weighted by molar-refractivity contribution is 5.26. The molecule has 0 spiro atoms. The van der Waals surface area contributed by atoms with Crippen molar-refractivity contribution in [1.29, 1.82) is 0 Å². The summed E-state index contributed by atoms with van der Waals surface area (Å²) >= 11 is 0. The van der Waals surface area contributed by atoms with Crippen molar-refractivity contribution in [3.8, 4) is 0 Å². The molecule has 0 aliphatic carbocycles. The Morgan fingerprint density at radius 2 is 1.30 bits per heavy atom. The summed E-state index contributed by atoms with van der Waals surface area (Å²) in [6, 6.07) is 5.23. The van der Waals surface area contributed by atoms with Gasteiger partial charge in [-0.25, -0.2) is 0 Å². The Balaban J connectivity index is 3.09. The smallest absolute Gasteiger partial charge is 0.373 e. The van der Waals surface area contributed by atoms with Crippen molar-refractivity contribution < 1.29 is 31.4 Å². The molecule has 0 aliphatic rings. The predicted octanol–water partition coefficient (Wildman–Crippen LogP) is 4.21. The van der Waals surface area contributed by atoms with Crippen LogP contribution in [0.3, 0.4) is 0 Å². The summed E-state index contributed by atoms with van der Waals surface area (Å²) < 4.78 is 75.1. The van der Waals surface area contributed by atoms with Crippen LogP contribution in [-0.4, -0.2) is 23.1 Å². The molecular weight excluding hydrogens is 286 g/mol. The van der Waals surface area contributed by atoms with Crippen LogP contribution in [0, 0.1) is 0 Å². The SMILES string of the molecule is CC(C)c1ccc(CC(O)(C(F)(F)F)C(F)(F)F)cc1. The van der Waals surface area contributed by atoms with Crippen LogP contribution in [0.4, 0.5) is 26.3 Å². The number of benzene rings is 1. The topological polar surface area (TPSA) is 20.2 Å². The van der Waals surface area contributed by atoms with Gasteiger partial charge in [0.25, 0.3) is 5.60 Å². The molecule has 0 amide bonds. The lowest BCUT2D eigenvalue weighted by Gasteiger charge is -2.32. The van der Waals surface area contributed by atoms with E-state index < -0.39 is 24.4 Å². The number of hydrogen-bond donors (Lipinski definition) is 1. The molecule has 0 saturated heterocycles. The monoisotopic (exact) mass is 300 g/mol. The predicted molar refractivity (Wildman–Crippen MR) is 61.3 cm³/mol. The fourth-order valence-corrected chi connectivity index (χ4v) is 1.68. The highest BCUT2D eigenvalue weighted by atomic mass is 19.4. The maximum Gasteiger partial charge on any atom is 0.426 e. The zero-order valence-electron chi connectivity index (χ0n) is 10.8. The van der Waals surface area contributed by atoms with Gasteiger partial charge in [0.15, 0.2) is 0 Å². The van der Waals surface area contributed by atoms with Crippen molar-refractivity contribution in [1.82, 2.24) is 0 Å². The van der Waals surface area contributed by atoms with E-state index in [-0.39, 0.29) is 11.5 Å². The van der Waals surface area contributed by atoms with E-state index in [0.29, 0.717) is 0 Å². The van der Waals surface area contributed by atoms with E-state index in [1.54, 1.807) is 0 Å². The Bertz CT molecular complexity index is 429. The molecule has 1 rings (SSSR count). The lowest BCUT2D eigenvalue weighted by atomic mass is 9.91. The minimum atomic E-state index is -5.79. The third-order valence-electron chi connectivity index (χ3n) is 3.04. The van der Waals surface area contributed by atoms with Gasteiger partial charge in [-0.15, -0.1) is 0 Å². The lowest BCUT2D eigenvalue weighted by Crippen LogP contribution is -2.58. The number of hydrogen-bond acceptors (Lipinski definition) is 1. The van der Waals surface area contributed by atoms with E-state index >= 15 is 0 Å². The fraction of sp³-hybridized carbons (Fsp3) is 0.538. The molecule has 7 heteroatoms. The van der Waals surface area contributed by atoms with E-state index in [2.05, 4.69) is 0 Å². The first-order valence-corrected chi connectivity index (χ1v) is 5.83. The maximum atomic E-state index is 12.5. The molecule has 0 fully saturated rings. The van der Waals surface area contributed by atoms with Gasteiger partial charge in [0, 0.05) is 6.42 Å². The lowest BCUT2D eigenvalue weighted by molar-refractivity contribution is -0.367. The van der Waals surface area contributed by atoms with Crippen molar-refractivity contribution >= 4 is 0 Å². The summed E-state index contributed by atoms with van der Waals surface area (Å²) in [5.74, 6) is 0.105. The molecular formula is C13H14F6O. The number of alkyl halides is 6. The third-order valence-corrected chi connectivity index (χ3v) is 3.04. The molecule has 0 aromatic heterocycles. The highest BCUT2D eigenvalue weighted by Gasteiger charge is 2.70. The van der Waals surface area contributed by atoms with Gasteiger partial charge in [-0.3, -0.25) is 0 Å². The van der Waals surface area contributed by atoms with Gasteiger partial charge in [-0.05, 0) is 17.0 Å². The number of aliphatic hydroxyl groups is 1. The molecule has 1 N–H and O–H groups in total. The van der Waals surface area contributed by atoms with Gasteiger partial charge in [0.05, 0.1) is 0 Å². The van der Waals surface area contributed by atoms with Gasteiger partial charge >= 0.3 is 12.4 Å². The summed E-state index contributed by atoms with van der Waals surface area (Å²) in [5, 5.41) is 9.07. The highest BCUT2D eigenvalue weighted by Crippen LogP contribution is 2.45. The van der Waals surface area contributed by atoms with E-state index in [4.69, 9.17) is 5.11 Å². The molecule has 1 aromatic carbocycles. The zero-order valence-corrected chi connectivity index (χ0v) is 10.8. The van der Waals surface area contributed by atoms with Gasteiger partial charge < -0.3 is 5.11 Å². The van der Waals surface area contributed by atoms with Gasteiger partial charge in [-0.2, -0.15) is 26.3 Å². The molecule has 114 valence electrons. The standard InChI is InChI=1S/C13H14F6O/c1-8(2)10-5-3-9(4-6-10)7-11(20,12(14,15)16)13(17,18)19/h3-6,8,20H,7H2,1-2H3. The van der Waals surface area contributed by atoms with E-state index in [0.717, 1.165) is 17.7 Å². The summed E-state index contributed by atoms with van der Waals surface area (Å²) in [7, 11) is 0. The Morgan fingerprint density at radius 1 is 0.900 bits per heavy atom. The zero-order chi connectivity index (χ0) is 15.8. The van der Waals surface area contributed by atoms with Gasteiger partial charge in [-0.1, -0.05) is 38.1 Å². The Kier molecular flexibility index (Phi) is 4.43. The van der Waals surface area contributed by atoms with E-state index in [9.17, 15) is 26.3 Å². The molecule has 1 aromatic rings. The van der Waals surface area contributed by atoms with Gasteiger partial charge in [0.1, 0.15) is 0 Å². The summed E-state index contributed by atoms with van der Waals surface area (Å²) in [5.41, 5.74) is -4.18. The molecule has 0 aliphatic heterocycles. The van der Waals surface area contributed by atoms with E-state index in [1.807, 2.05) is 13.8 Å². The summed E-state index contributed by atoms with van der Waals surface area (Å²) in [6.07, 6.45) is -13.1. The van der Waals surface area contributed by atoms with E-state index in [1.165, 1.54) is 12.1 Å². The largest absolute Gasteiger partial charge is 0.426 e. The second-order valence-electron chi connectivity index (χ2n) is 4.93. The molecule has 0 saturated carbocycles. The molecule has 0 heterocycles. The molecule has 0 bridgehead atoms. The number of rotatable bonds is 3. The van der Waals surface area contributed by atoms with Crippen LogP contribution >= 0.6 is 0 Å². The van der Waals surface area contributed by atoms with Crippen molar-refractivity contribution in [2.45, 2.75) is 44.1 Å². The van der Waals surface area contributed by atoms with Crippen LogP contribution in [0.5, 0.6) is 0 Å². The van der Waals surface area contributed by atoms with Crippen LogP contribution in [0.15, 0.2) is 24.3 Å². The van der Waals surface area contributed by atoms with Crippen LogP contribution in [0.2, 0.25) is 0 Å². The molecule has 0 radical (unpaired) electrons. The Morgan fingerprint density at radius 3 is 1.60 bits per heavy atom. The Labute approximate surface area is 112 Å². The van der Waals surface area contributed by atoms with Crippen LogP contribution in [0.1, 0.15) is 30.9 Å². The summed E-state index contributed by atoms with van der Waals surface area (Å²) in [4.78, 5) is 0. The molecule has 1 nitrogen and oxygen atoms in total. The minimum absolute atomic E-state index is 0.105. The first kappa shape index (κ1) is 16.8. The first-order chi connectivity index (χ1) is 8.88.